The van der Waals surface area contributed by atoms with Gasteiger partial charge in [0.2, 0.25) is 0 Å². The van der Waals surface area contributed by atoms with E-state index >= 15 is 0 Å². The van der Waals surface area contributed by atoms with Crippen LogP contribution in [0.2, 0.25) is 33.0 Å². The van der Waals surface area contributed by atoms with Gasteiger partial charge in [0, 0.05) is 0 Å². The molecule has 0 aromatic heterocycles. The molecular weight excluding hydrogens is 449 g/mol. The molecule has 1 fully saturated rings. The van der Waals surface area contributed by atoms with Gasteiger partial charge in [-0.15, -0.1) is 0 Å². The molecule has 0 heterocycles. The summed E-state index contributed by atoms with van der Waals surface area (Å²) in [5.74, 6) is 0. The molecule has 0 N–H and O–H groups in total. The van der Waals surface area contributed by atoms with Gasteiger partial charge in [-0.2, -0.15) is 0 Å². The normalized spacial score (nSPS) is 16.9. The van der Waals surface area contributed by atoms with E-state index < -0.39 is 26.6 Å². The number of rotatable bonds is 14. The first-order valence-corrected chi connectivity index (χ1v) is 23.2. The van der Waals surface area contributed by atoms with Gasteiger partial charge in [0.05, 0.1) is 0 Å². The van der Waals surface area contributed by atoms with Crippen molar-refractivity contribution < 1.29 is 0 Å². The number of hydrogen-bond acceptors (Lipinski definition) is 1. The van der Waals surface area contributed by atoms with Crippen molar-refractivity contribution in [2.24, 2.45) is 0 Å². The van der Waals surface area contributed by atoms with Gasteiger partial charge in [-0.1, -0.05) is 0 Å². The van der Waals surface area contributed by atoms with Gasteiger partial charge in [0.25, 0.3) is 0 Å². The molecule has 0 aromatic rings. The predicted molar refractivity (Wildman–Crippen MR) is 131 cm³/mol. The molecule has 1 aliphatic rings. The van der Waals surface area contributed by atoms with Crippen LogP contribution in [0.15, 0.2) is 10.2 Å². The average Bonchev–Trinajstić information content (AvgIpc) is 2.65. The number of hydrogen-bond donors (Lipinski definition) is 0. The van der Waals surface area contributed by atoms with Gasteiger partial charge in [-0.3, -0.25) is 0 Å². The Morgan fingerprint density at radius 2 is 1.30 bits per heavy atom. The molecule has 0 unspecified atom stereocenters. The van der Waals surface area contributed by atoms with Crippen LogP contribution in [-0.2, 0) is 0 Å². The molecule has 1 rings (SSSR count). The molecule has 27 heavy (non-hydrogen) atoms. The number of nitrogens with zero attached hydrogens (tertiary/aromatic N) is 1. The van der Waals surface area contributed by atoms with Gasteiger partial charge >= 0.3 is 178 Å². The predicted octanol–water partition coefficient (Wildman–Crippen LogP) is 8.40. The van der Waals surface area contributed by atoms with Crippen LogP contribution in [0.3, 0.4) is 0 Å². The molecule has 0 aliphatic heterocycles. The summed E-state index contributed by atoms with van der Waals surface area (Å²) in [7, 11) is -1.30. The van der Waals surface area contributed by atoms with Crippen molar-refractivity contribution in [1.82, 2.24) is 4.57 Å². The van der Waals surface area contributed by atoms with Crippen LogP contribution in [0.5, 0.6) is 0 Å². The average molecular weight is 500 g/mol. The Balaban J connectivity index is 3.03. The van der Waals surface area contributed by atoms with Crippen molar-refractivity contribution in [2.75, 3.05) is 6.54 Å². The van der Waals surface area contributed by atoms with E-state index in [1.54, 1.807) is 16.9 Å². The fourth-order valence-corrected chi connectivity index (χ4v) is 23.0. The second-order valence-corrected chi connectivity index (χ2v) is 28.8. The van der Waals surface area contributed by atoms with Crippen LogP contribution >= 0.6 is 0 Å². The van der Waals surface area contributed by atoms with Crippen molar-refractivity contribution >= 4 is 26.6 Å². The van der Waals surface area contributed by atoms with Crippen molar-refractivity contribution in [3.05, 3.63) is 10.2 Å². The Morgan fingerprint density at radius 1 is 0.852 bits per heavy atom. The molecule has 0 aromatic carbocycles. The van der Waals surface area contributed by atoms with Crippen molar-refractivity contribution in [2.45, 2.75) is 130 Å². The third-order valence-electron chi connectivity index (χ3n) is 7.01. The summed E-state index contributed by atoms with van der Waals surface area (Å²) in [6, 6.07) is 0.856. The van der Waals surface area contributed by atoms with E-state index in [2.05, 4.69) is 45.0 Å². The van der Waals surface area contributed by atoms with E-state index in [1.807, 2.05) is 0 Å². The standard InChI is InChI=1S/C12H24NSi.3C4H9.Sn/c1-5-11-13(14(2,3)4)12-9-7-6-8-10-12;3*1-3-4-2;/h12H,1,6-11H2,2-4H3;3*1,3-4H2,2H3;. The zero-order chi connectivity index (χ0) is 20.3. The molecule has 1 nitrogen and oxygen atoms in total. The van der Waals surface area contributed by atoms with Gasteiger partial charge in [0.15, 0.2) is 0 Å². The van der Waals surface area contributed by atoms with E-state index in [-0.39, 0.29) is 0 Å². The minimum absolute atomic E-state index is 0.856. The van der Waals surface area contributed by atoms with Crippen molar-refractivity contribution in [1.29, 1.82) is 0 Å². The first-order valence-electron chi connectivity index (χ1n) is 12.3. The van der Waals surface area contributed by atoms with Crippen LogP contribution in [-0.4, -0.2) is 43.8 Å². The third-order valence-corrected chi connectivity index (χ3v) is 25.2. The Labute approximate surface area is 177 Å². The summed E-state index contributed by atoms with van der Waals surface area (Å²) >= 11 is -2.29. The Kier molecular flexibility index (Phi) is 12.5. The Hall–Kier alpha value is 0.716. The fourth-order valence-electron chi connectivity index (χ4n) is 5.13. The Morgan fingerprint density at radius 3 is 1.67 bits per heavy atom. The van der Waals surface area contributed by atoms with E-state index in [4.69, 9.17) is 6.58 Å². The second-order valence-electron chi connectivity index (χ2n) is 10.3. The third kappa shape index (κ3) is 8.54. The van der Waals surface area contributed by atoms with E-state index in [9.17, 15) is 0 Å². The summed E-state index contributed by atoms with van der Waals surface area (Å²) < 4.78 is 9.55. The Bertz CT molecular complexity index is 387. The molecule has 0 spiro atoms. The zero-order valence-corrected chi connectivity index (χ0v) is 23.7. The van der Waals surface area contributed by atoms with E-state index in [1.165, 1.54) is 77.2 Å². The molecule has 1 saturated carbocycles. The van der Waals surface area contributed by atoms with E-state index in [0.717, 1.165) is 6.04 Å². The zero-order valence-electron chi connectivity index (χ0n) is 19.8. The first-order chi connectivity index (χ1) is 12.8. The maximum absolute atomic E-state index is 4.91. The maximum atomic E-state index is 4.91. The summed E-state index contributed by atoms with van der Waals surface area (Å²) in [4.78, 5) is 0. The van der Waals surface area contributed by atoms with Gasteiger partial charge in [0.1, 0.15) is 0 Å². The molecule has 0 radical (unpaired) electrons. The first kappa shape index (κ1) is 25.8. The monoisotopic (exact) mass is 501 g/mol. The SMILES string of the molecule is C=[C](CN(C1CCCCC1)[Si](C)(C)C)[Sn]([CH2]CCC)([CH2]CCC)[CH2]CCC. The summed E-state index contributed by atoms with van der Waals surface area (Å²) in [6.45, 7) is 21.1. The van der Waals surface area contributed by atoms with Crippen molar-refractivity contribution in [3.8, 4) is 0 Å². The van der Waals surface area contributed by atoms with Gasteiger partial charge in [-0.05, 0) is 0 Å². The van der Waals surface area contributed by atoms with Crippen LogP contribution in [0.25, 0.3) is 0 Å². The molecular formula is C24H51NSiSn. The van der Waals surface area contributed by atoms with Gasteiger partial charge < -0.3 is 0 Å². The fraction of sp³-hybridized carbons (Fsp3) is 0.917. The van der Waals surface area contributed by atoms with E-state index in [0.29, 0.717) is 0 Å². The molecule has 0 saturated heterocycles. The molecule has 0 amide bonds. The topological polar surface area (TPSA) is 3.24 Å². The summed E-state index contributed by atoms with van der Waals surface area (Å²) in [6.07, 6.45) is 15.7. The molecule has 3 heteroatoms. The second kappa shape index (κ2) is 13.1. The summed E-state index contributed by atoms with van der Waals surface area (Å²) in [5.41, 5.74) is 0. The van der Waals surface area contributed by atoms with Crippen LogP contribution < -0.4 is 0 Å². The molecule has 0 atom stereocenters. The van der Waals surface area contributed by atoms with Crippen LogP contribution in [0.4, 0.5) is 0 Å². The molecule has 1 aliphatic carbocycles. The number of unbranched alkanes of at least 4 members (excludes halogenated alkanes) is 3. The quantitative estimate of drug-likeness (QED) is 0.217. The molecule has 160 valence electrons. The summed E-state index contributed by atoms with van der Waals surface area (Å²) in [5, 5.41) is 0. The van der Waals surface area contributed by atoms with Crippen molar-refractivity contribution in [3.63, 3.8) is 0 Å². The van der Waals surface area contributed by atoms with Gasteiger partial charge in [-0.25, -0.2) is 0 Å². The molecule has 0 bridgehead atoms. The minimum atomic E-state index is -2.29. The van der Waals surface area contributed by atoms with Crippen LogP contribution in [0, 0.1) is 0 Å². The van der Waals surface area contributed by atoms with Crippen LogP contribution in [0.1, 0.15) is 91.4 Å².